The minimum atomic E-state index is -1.79. The molecule has 11 N–H and O–H groups in total. The number of nitrogens with one attached hydrogen (secondary N) is 2. The Morgan fingerprint density at radius 1 is 0.972 bits per heavy atom. The van der Waals surface area contributed by atoms with Crippen molar-refractivity contribution in [3.63, 3.8) is 0 Å². The molecular formula is C20H33N7O9. The van der Waals surface area contributed by atoms with E-state index < -0.39 is 79.1 Å². The van der Waals surface area contributed by atoms with Gasteiger partial charge in [-0.3, -0.25) is 29.0 Å². The highest BCUT2D eigenvalue weighted by Crippen LogP contribution is 2.19. The Balaban J connectivity index is 2.89. The topological polar surface area (TPSA) is 281 Å². The van der Waals surface area contributed by atoms with Gasteiger partial charge in [0.05, 0.1) is 12.5 Å². The molecule has 4 atom stereocenters. The molecule has 1 saturated heterocycles. The van der Waals surface area contributed by atoms with Crippen LogP contribution in [-0.2, 0) is 28.8 Å². The Morgan fingerprint density at radius 2 is 1.64 bits per heavy atom. The van der Waals surface area contributed by atoms with Gasteiger partial charge >= 0.3 is 17.9 Å². The number of amides is 3. The van der Waals surface area contributed by atoms with E-state index in [1.807, 2.05) is 5.32 Å². The van der Waals surface area contributed by atoms with Crippen LogP contribution in [0.3, 0.4) is 0 Å². The van der Waals surface area contributed by atoms with Crippen molar-refractivity contribution in [2.75, 3.05) is 13.1 Å². The highest BCUT2D eigenvalue weighted by atomic mass is 16.4. The smallest absolute Gasteiger partial charge is 0.326 e. The third-order valence-corrected chi connectivity index (χ3v) is 5.40. The van der Waals surface area contributed by atoms with Crippen molar-refractivity contribution in [3.05, 3.63) is 0 Å². The molecule has 16 heteroatoms. The molecule has 0 aromatic carbocycles. The Morgan fingerprint density at radius 3 is 2.19 bits per heavy atom. The lowest BCUT2D eigenvalue weighted by molar-refractivity contribution is -0.147. The largest absolute Gasteiger partial charge is 0.481 e. The predicted octanol–water partition coefficient (Wildman–Crippen LogP) is -3.25. The first-order valence-electron chi connectivity index (χ1n) is 11.2. The van der Waals surface area contributed by atoms with E-state index in [-0.39, 0.29) is 31.9 Å². The number of nitrogens with two attached hydrogens (primary N) is 3. The number of rotatable bonds is 15. The Bertz CT molecular complexity index is 876. The van der Waals surface area contributed by atoms with Crippen LogP contribution in [0.5, 0.6) is 0 Å². The summed E-state index contributed by atoms with van der Waals surface area (Å²) in [6.07, 6.45) is -0.427. The molecule has 1 aliphatic rings. The number of likely N-dealkylation sites (tertiary alicyclic amines) is 1. The molecule has 0 bridgehead atoms. The molecular weight excluding hydrogens is 482 g/mol. The molecule has 1 fully saturated rings. The highest BCUT2D eigenvalue weighted by Gasteiger charge is 2.38. The Kier molecular flexibility index (Phi) is 12.1. The summed E-state index contributed by atoms with van der Waals surface area (Å²) in [6, 6.07) is -5.17. The van der Waals surface area contributed by atoms with Gasteiger partial charge in [0.15, 0.2) is 5.96 Å². The summed E-state index contributed by atoms with van der Waals surface area (Å²) in [5.74, 6) is -6.76. The van der Waals surface area contributed by atoms with Gasteiger partial charge in [0.2, 0.25) is 17.7 Å². The second kappa shape index (κ2) is 14.4. The van der Waals surface area contributed by atoms with Gasteiger partial charge < -0.3 is 48.1 Å². The second-order valence-corrected chi connectivity index (χ2v) is 8.24. The van der Waals surface area contributed by atoms with Crippen LogP contribution in [0, 0.1) is 0 Å². The van der Waals surface area contributed by atoms with E-state index in [2.05, 4.69) is 10.3 Å². The number of hydrogen-bond donors (Lipinski definition) is 8. The number of nitrogens with zero attached hydrogens (tertiary/aromatic N) is 2. The zero-order valence-corrected chi connectivity index (χ0v) is 19.6. The maximum absolute atomic E-state index is 12.9. The second-order valence-electron chi connectivity index (χ2n) is 8.24. The lowest BCUT2D eigenvalue weighted by Gasteiger charge is -2.28. The predicted molar refractivity (Wildman–Crippen MR) is 123 cm³/mol. The molecule has 1 aliphatic heterocycles. The molecule has 0 aromatic heterocycles. The van der Waals surface area contributed by atoms with Crippen molar-refractivity contribution in [2.24, 2.45) is 22.2 Å². The van der Waals surface area contributed by atoms with Crippen LogP contribution in [0.2, 0.25) is 0 Å². The molecule has 0 radical (unpaired) electrons. The van der Waals surface area contributed by atoms with Crippen LogP contribution in [-0.4, -0.2) is 99.1 Å². The van der Waals surface area contributed by atoms with Crippen LogP contribution in [0.4, 0.5) is 0 Å². The summed E-state index contributed by atoms with van der Waals surface area (Å²) >= 11 is 0. The minimum Gasteiger partial charge on any atom is -0.481 e. The number of hydrogen-bond acceptors (Lipinski definition) is 8. The van der Waals surface area contributed by atoms with E-state index in [9.17, 15) is 28.8 Å². The first-order chi connectivity index (χ1) is 16.8. The molecule has 0 aliphatic carbocycles. The fourth-order valence-electron chi connectivity index (χ4n) is 3.61. The quantitative estimate of drug-likeness (QED) is 0.0606. The lowest BCUT2D eigenvalue weighted by Crippen LogP contribution is -2.56. The fraction of sp³-hybridized carbons (Fsp3) is 0.650. The number of guanidine groups is 1. The number of carbonyl (C=O) groups excluding carboxylic acids is 3. The van der Waals surface area contributed by atoms with Crippen LogP contribution in [0.1, 0.15) is 44.9 Å². The summed E-state index contributed by atoms with van der Waals surface area (Å²) in [4.78, 5) is 76.6. The van der Waals surface area contributed by atoms with Crippen molar-refractivity contribution in [3.8, 4) is 0 Å². The van der Waals surface area contributed by atoms with E-state index in [1.165, 1.54) is 4.90 Å². The van der Waals surface area contributed by atoms with E-state index in [1.54, 1.807) is 0 Å². The third-order valence-electron chi connectivity index (χ3n) is 5.40. The average molecular weight is 516 g/mol. The summed E-state index contributed by atoms with van der Waals surface area (Å²) in [7, 11) is 0. The molecule has 1 heterocycles. The molecule has 0 spiro atoms. The first-order valence-corrected chi connectivity index (χ1v) is 11.2. The number of carboxylic acids is 3. The van der Waals surface area contributed by atoms with Crippen LogP contribution >= 0.6 is 0 Å². The van der Waals surface area contributed by atoms with Crippen LogP contribution in [0.15, 0.2) is 4.99 Å². The standard InChI is InChI=1S/C20H33N7O9/c21-10(3-1-7-24-20(22)23)18(34)27-8-2-4-13(27)17(33)25-11(5-6-14(28)29)16(32)26-12(19(35)36)9-15(30)31/h10-13H,1-9,21H2,(H,25,33)(H,26,32)(H,28,29)(H,30,31)(H,35,36)(H4,22,23,24). The summed E-state index contributed by atoms with van der Waals surface area (Å²) in [5, 5.41) is 31.3. The van der Waals surface area contributed by atoms with Gasteiger partial charge in [0, 0.05) is 19.5 Å². The van der Waals surface area contributed by atoms with Crippen molar-refractivity contribution in [1.82, 2.24) is 15.5 Å². The maximum atomic E-state index is 12.9. The van der Waals surface area contributed by atoms with Gasteiger partial charge in [0.1, 0.15) is 18.1 Å². The number of carboxylic acid groups (broad SMARTS) is 3. The molecule has 36 heavy (non-hydrogen) atoms. The summed E-state index contributed by atoms with van der Waals surface area (Å²) in [6.45, 7) is 0.511. The third kappa shape index (κ3) is 10.1. The molecule has 0 saturated carbocycles. The fourth-order valence-corrected chi connectivity index (χ4v) is 3.61. The van der Waals surface area contributed by atoms with Crippen LogP contribution < -0.4 is 27.8 Å². The normalized spacial score (nSPS) is 17.4. The average Bonchev–Trinajstić information content (AvgIpc) is 3.27. The van der Waals surface area contributed by atoms with Gasteiger partial charge in [0.25, 0.3) is 0 Å². The first kappa shape index (κ1) is 30.1. The van der Waals surface area contributed by atoms with Gasteiger partial charge in [-0.05, 0) is 32.1 Å². The maximum Gasteiger partial charge on any atom is 0.326 e. The van der Waals surface area contributed by atoms with E-state index in [0.29, 0.717) is 12.8 Å². The van der Waals surface area contributed by atoms with Gasteiger partial charge in [-0.1, -0.05) is 0 Å². The van der Waals surface area contributed by atoms with Crippen molar-refractivity contribution in [1.29, 1.82) is 0 Å². The SMILES string of the molecule is NC(N)=NCCCC(N)C(=O)N1CCCC1C(=O)NC(CCC(=O)O)C(=O)NC(CC(=O)O)C(=O)O. The molecule has 16 nitrogen and oxygen atoms in total. The highest BCUT2D eigenvalue weighted by molar-refractivity contribution is 5.95. The molecule has 3 amide bonds. The summed E-state index contributed by atoms with van der Waals surface area (Å²) in [5.41, 5.74) is 16.4. The molecule has 1 rings (SSSR count). The van der Waals surface area contributed by atoms with Gasteiger partial charge in [-0.15, -0.1) is 0 Å². The lowest BCUT2D eigenvalue weighted by atomic mass is 10.1. The van der Waals surface area contributed by atoms with Gasteiger partial charge in [-0.2, -0.15) is 0 Å². The van der Waals surface area contributed by atoms with Gasteiger partial charge in [-0.25, -0.2) is 4.79 Å². The Hall–Kier alpha value is -3.95. The molecule has 202 valence electrons. The molecule has 4 unspecified atom stereocenters. The van der Waals surface area contributed by atoms with Crippen molar-refractivity contribution >= 4 is 41.6 Å². The molecule has 0 aromatic rings. The van der Waals surface area contributed by atoms with Crippen LogP contribution in [0.25, 0.3) is 0 Å². The number of aliphatic imine (C=N–C) groups is 1. The van der Waals surface area contributed by atoms with E-state index >= 15 is 0 Å². The minimum absolute atomic E-state index is 0.0923. The summed E-state index contributed by atoms with van der Waals surface area (Å²) < 4.78 is 0. The van der Waals surface area contributed by atoms with E-state index in [0.717, 1.165) is 0 Å². The number of carbonyl (C=O) groups is 6. The zero-order chi connectivity index (χ0) is 27.4. The van der Waals surface area contributed by atoms with E-state index in [4.69, 9.17) is 32.5 Å². The number of aliphatic carboxylic acids is 3. The zero-order valence-electron chi connectivity index (χ0n) is 19.6. The van der Waals surface area contributed by atoms with Crippen molar-refractivity contribution in [2.45, 2.75) is 69.1 Å². The van der Waals surface area contributed by atoms with Crippen molar-refractivity contribution < 1.29 is 44.1 Å². The monoisotopic (exact) mass is 515 g/mol. The Labute approximate surface area is 206 Å².